The van der Waals surface area contributed by atoms with Crippen LogP contribution in [0, 0.1) is 0 Å². The summed E-state index contributed by atoms with van der Waals surface area (Å²) in [6, 6.07) is -1.53. The van der Waals surface area contributed by atoms with Gasteiger partial charge in [-0.2, -0.15) is 8.42 Å². The van der Waals surface area contributed by atoms with Crippen molar-refractivity contribution in [3.05, 3.63) is 0 Å². The van der Waals surface area contributed by atoms with Gasteiger partial charge in [0.2, 0.25) is 5.91 Å². The summed E-state index contributed by atoms with van der Waals surface area (Å²) in [5, 5.41) is 82.8. The predicted molar refractivity (Wildman–Crippen MR) is 108 cm³/mol. The quantitative estimate of drug-likeness (QED) is 0.113. The Kier molecular flexibility index (Phi) is 10.1. The van der Waals surface area contributed by atoms with Gasteiger partial charge in [0.05, 0.1) is 25.4 Å². The number of nitrogens with one attached hydrogen (secondary N) is 1. The topological polar surface area (TPSA) is 299 Å². The zero-order valence-corrected chi connectivity index (χ0v) is 19.4. The highest BCUT2D eigenvalue weighted by atomic mass is 32.3. The maximum Gasteiger partial charge on any atom is 0.397 e. The molecule has 0 saturated carbocycles. The lowest BCUT2D eigenvalue weighted by Crippen LogP contribution is -2.70. The summed E-state index contributed by atoms with van der Waals surface area (Å²) in [6.45, 7) is -1.12. The Hall–Kier alpha value is -1.59. The molecule has 0 aromatic carbocycles. The highest BCUT2D eigenvalue weighted by molar-refractivity contribution is 7.80. The van der Waals surface area contributed by atoms with E-state index in [1.165, 1.54) is 0 Å². The number of rotatable bonds is 10. The Morgan fingerprint density at radius 3 is 2.28 bits per heavy atom. The van der Waals surface area contributed by atoms with Gasteiger partial charge in [-0.15, -0.1) is 0 Å². The van der Waals surface area contributed by atoms with Gasteiger partial charge in [0, 0.05) is 13.3 Å². The van der Waals surface area contributed by atoms with Crippen LogP contribution in [0.2, 0.25) is 0 Å². The molecule has 2 aliphatic rings. The van der Waals surface area contributed by atoms with Crippen LogP contribution in [0.15, 0.2) is 0 Å². The second kappa shape index (κ2) is 11.9. The zero-order valence-electron chi connectivity index (χ0n) is 18.6. The Labute approximate surface area is 203 Å². The highest BCUT2D eigenvalue weighted by Gasteiger charge is 2.59. The Bertz CT molecular complexity index is 886. The summed E-state index contributed by atoms with van der Waals surface area (Å²) in [6.07, 6.45) is -19.2. The molecule has 210 valence electrons. The molecule has 36 heavy (non-hydrogen) atoms. The third-order valence-electron chi connectivity index (χ3n) is 5.55. The van der Waals surface area contributed by atoms with E-state index in [0.717, 1.165) is 6.92 Å². The first-order chi connectivity index (χ1) is 16.5. The van der Waals surface area contributed by atoms with E-state index in [-0.39, 0.29) is 0 Å². The minimum Gasteiger partial charge on any atom is -0.477 e. The van der Waals surface area contributed by atoms with Gasteiger partial charge in [0.1, 0.15) is 42.7 Å². The highest BCUT2D eigenvalue weighted by Crippen LogP contribution is 2.37. The van der Waals surface area contributed by atoms with E-state index in [2.05, 4.69) is 9.50 Å². The number of amides is 1. The van der Waals surface area contributed by atoms with Crippen LogP contribution in [-0.4, -0.2) is 146 Å². The number of hydrogen-bond donors (Lipinski definition) is 10. The van der Waals surface area contributed by atoms with Crippen LogP contribution < -0.4 is 5.32 Å². The van der Waals surface area contributed by atoms with Crippen molar-refractivity contribution in [3.8, 4) is 0 Å². The summed E-state index contributed by atoms with van der Waals surface area (Å²) >= 11 is 0. The minimum absolute atomic E-state index is 0.748. The predicted octanol–water partition coefficient (Wildman–Crippen LogP) is -6.22. The lowest BCUT2D eigenvalue weighted by atomic mass is 9.88. The Morgan fingerprint density at radius 2 is 1.78 bits per heavy atom. The molecular weight excluding hydrogens is 522 g/mol. The third-order valence-corrected chi connectivity index (χ3v) is 5.99. The maximum atomic E-state index is 12.2. The first kappa shape index (κ1) is 30.6. The van der Waals surface area contributed by atoms with Gasteiger partial charge < -0.3 is 60.4 Å². The molecule has 1 amide bonds. The first-order valence-electron chi connectivity index (χ1n) is 10.4. The lowest BCUT2D eigenvalue weighted by Gasteiger charge is -2.49. The first-order valence-corrected chi connectivity index (χ1v) is 11.7. The van der Waals surface area contributed by atoms with Crippen LogP contribution in [0.1, 0.15) is 13.3 Å². The monoisotopic (exact) mass is 551 g/mol. The summed E-state index contributed by atoms with van der Waals surface area (Å²) in [5.74, 6) is -5.74. The molecule has 0 aromatic heterocycles. The average Bonchev–Trinajstić information content (AvgIpc) is 2.77. The van der Waals surface area contributed by atoms with E-state index >= 15 is 0 Å². The van der Waals surface area contributed by atoms with Gasteiger partial charge in [0.25, 0.3) is 5.79 Å². The fraction of sp³-hybridized carbons (Fsp3) is 0.882. The van der Waals surface area contributed by atoms with Crippen molar-refractivity contribution in [1.82, 2.24) is 5.32 Å². The number of carboxylic acid groups (broad SMARTS) is 1. The standard InChI is InChI=1S/C17H29NO17S/c1-5(20)18-9-6(21)2-17(16(27)28,34-13(9)10(23)7(22)3-19)35-14-11(24)8(4-32-36(29,30)31)33-15(26)12(14)25/h6-15,19,21-26H,2-4H2,1H3,(H,18,20)(H,27,28)(H,29,30,31)/t6-,7+,8+,9+,10+,11-,12+,13+,14-,15?,17-/m0/s1. The number of carbonyl (C=O) groups is 2. The van der Waals surface area contributed by atoms with Crippen LogP contribution in [-0.2, 0) is 38.4 Å². The molecule has 1 unspecified atom stereocenters. The van der Waals surface area contributed by atoms with Gasteiger partial charge in [-0.1, -0.05) is 0 Å². The van der Waals surface area contributed by atoms with E-state index in [9.17, 15) is 53.8 Å². The average molecular weight is 551 g/mol. The van der Waals surface area contributed by atoms with Gasteiger partial charge in [0.15, 0.2) is 6.29 Å². The van der Waals surface area contributed by atoms with E-state index in [1.807, 2.05) is 0 Å². The van der Waals surface area contributed by atoms with Crippen LogP contribution >= 0.6 is 0 Å². The molecule has 11 atom stereocenters. The Balaban J connectivity index is 2.41. The van der Waals surface area contributed by atoms with Gasteiger partial charge in [-0.05, 0) is 0 Å². The van der Waals surface area contributed by atoms with E-state index in [1.54, 1.807) is 0 Å². The molecule has 0 aliphatic carbocycles. The maximum absolute atomic E-state index is 12.2. The number of aliphatic hydroxyl groups is 7. The second-order valence-corrected chi connectivity index (χ2v) is 9.31. The Morgan fingerprint density at radius 1 is 1.17 bits per heavy atom. The van der Waals surface area contributed by atoms with Crippen LogP contribution in [0.5, 0.6) is 0 Å². The fourth-order valence-electron chi connectivity index (χ4n) is 3.81. The zero-order chi connectivity index (χ0) is 27.6. The molecule has 2 fully saturated rings. The molecule has 18 nitrogen and oxygen atoms in total. The van der Waals surface area contributed by atoms with Crippen molar-refractivity contribution in [3.63, 3.8) is 0 Å². The summed E-state index contributed by atoms with van der Waals surface area (Å²) < 4.78 is 49.9. The summed E-state index contributed by atoms with van der Waals surface area (Å²) in [4.78, 5) is 23.8. The van der Waals surface area contributed by atoms with Gasteiger partial charge >= 0.3 is 16.4 Å². The summed E-state index contributed by atoms with van der Waals surface area (Å²) in [7, 11) is -5.03. The van der Waals surface area contributed by atoms with Crippen LogP contribution in [0.25, 0.3) is 0 Å². The molecule has 0 radical (unpaired) electrons. The summed E-state index contributed by atoms with van der Waals surface area (Å²) in [5.41, 5.74) is 0. The minimum atomic E-state index is -5.03. The molecule has 2 rings (SSSR count). The fourth-order valence-corrected chi connectivity index (χ4v) is 4.12. The molecule has 0 bridgehead atoms. The normalized spacial score (nSPS) is 39.2. The number of carbonyl (C=O) groups excluding carboxylic acids is 1. The SMILES string of the molecule is CC(=O)N[C@H]1[C@H]([C@H](O)[C@H](O)CO)O[C@@](O[C@H]2[C@@H](O)[C@@H](COS(=O)(=O)O)OC(O)[C@@H]2O)(C(=O)O)C[C@@H]1O. The number of aliphatic carboxylic acids is 1. The number of hydrogen-bond acceptors (Lipinski definition) is 15. The molecule has 19 heteroatoms. The molecule has 2 aliphatic heterocycles. The van der Waals surface area contributed by atoms with Crippen molar-refractivity contribution in [2.75, 3.05) is 13.2 Å². The van der Waals surface area contributed by atoms with Gasteiger partial charge in [-0.3, -0.25) is 9.35 Å². The van der Waals surface area contributed by atoms with E-state index in [4.69, 9.17) is 23.9 Å². The molecule has 0 aromatic rings. The van der Waals surface area contributed by atoms with Crippen LogP contribution in [0.4, 0.5) is 0 Å². The number of carboxylic acids is 1. The van der Waals surface area contributed by atoms with Crippen molar-refractivity contribution in [1.29, 1.82) is 0 Å². The van der Waals surface area contributed by atoms with Crippen molar-refractivity contribution in [2.45, 2.75) is 80.3 Å². The van der Waals surface area contributed by atoms with Crippen molar-refractivity contribution < 1.29 is 81.8 Å². The molecule has 2 saturated heterocycles. The third kappa shape index (κ3) is 7.04. The molecule has 10 N–H and O–H groups in total. The number of ether oxygens (including phenoxy) is 3. The van der Waals surface area contributed by atoms with Crippen molar-refractivity contribution >= 4 is 22.3 Å². The smallest absolute Gasteiger partial charge is 0.397 e. The van der Waals surface area contributed by atoms with E-state index < -0.39 is 109 Å². The molecule has 0 spiro atoms. The van der Waals surface area contributed by atoms with Gasteiger partial charge in [-0.25, -0.2) is 8.98 Å². The van der Waals surface area contributed by atoms with E-state index in [0.29, 0.717) is 0 Å². The molecular formula is C17H29NO17S. The lowest BCUT2D eigenvalue weighted by molar-refractivity contribution is -0.365. The second-order valence-electron chi connectivity index (χ2n) is 8.22. The largest absolute Gasteiger partial charge is 0.477 e. The van der Waals surface area contributed by atoms with Crippen molar-refractivity contribution in [2.24, 2.45) is 0 Å². The molecule has 2 heterocycles. The van der Waals surface area contributed by atoms with Crippen LogP contribution in [0.3, 0.4) is 0 Å². The number of aliphatic hydroxyl groups excluding tert-OH is 7.